The number of aromatic nitrogens is 3. The highest BCUT2D eigenvalue weighted by Crippen LogP contribution is 2.41. The van der Waals surface area contributed by atoms with Crippen LogP contribution in [0.3, 0.4) is 0 Å². The highest BCUT2D eigenvalue weighted by Gasteiger charge is 2.23. The predicted octanol–water partition coefficient (Wildman–Crippen LogP) is 7.17. The van der Waals surface area contributed by atoms with Crippen molar-refractivity contribution >= 4 is 22.7 Å². The minimum absolute atomic E-state index is 0.144. The maximum atomic E-state index is 15.1. The summed E-state index contributed by atoms with van der Waals surface area (Å²) in [5, 5.41) is 3.02. The van der Waals surface area contributed by atoms with Gasteiger partial charge in [-0.25, -0.2) is 13.8 Å². The van der Waals surface area contributed by atoms with Gasteiger partial charge in [0.1, 0.15) is 22.6 Å². The van der Waals surface area contributed by atoms with E-state index in [1.807, 2.05) is 42.5 Å². The predicted molar refractivity (Wildman–Crippen MR) is 131 cm³/mol. The van der Waals surface area contributed by atoms with Crippen LogP contribution in [0.15, 0.2) is 85.1 Å². The van der Waals surface area contributed by atoms with Crippen LogP contribution in [0.4, 0.5) is 20.4 Å². The van der Waals surface area contributed by atoms with Crippen LogP contribution in [0, 0.1) is 11.6 Å². The molecule has 6 rings (SSSR count). The van der Waals surface area contributed by atoms with Crippen LogP contribution in [-0.2, 0) is 6.54 Å². The van der Waals surface area contributed by atoms with Gasteiger partial charge in [0.05, 0.1) is 0 Å². The van der Waals surface area contributed by atoms with Crippen molar-refractivity contribution in [3.8, 4) is 11.6 Å². The van der Waals surface area contributed by atoms with Crippen molar-refractivity contribution in [2.24, 2.45) is 0 Å². The van der Waals surface area contributed by atoms with E-state index in [-0.39, 0.29) is 23.2 Å². The Bertz CT molecular complexity index is 1480. The van der Waals surface area contributed by atoms with Gasteiger partial charge in [-0.05, 0) is 66.3 Å². The topological polar surface area (TPSA) is 52.0 Å². The lowest BCUT2D eigenvalue weighted by molar-refractivity contribution is 0.465. The van der Waals surface area contributed by atoms with Crippen molar-refractivity contribution in [3.63, 3.8) is 0 Å². The van der Waals surface area contributed by atoms with E-state index < -0.39 is 5.82 Å². The number of fused-ring (bicyclic) bond motifs is 1. The number of halogens is 2. The molecule has 2 heterocycles. The zero-order valence-electron chi connectivity index (χ0n) is 18.8. The molecule has 0 unspecified atom stereocenters. The number of ether oxygens (including phenoxy) is 1. The monoisotopic (exact) mass is 468 g/mol. The summed E-state index contributed by atoms with van der Waals surface area (Å²) < 4.78 is 36.4. The molecular weight excluding hydrogens is 446 g/mol. The normalized spacial score (nSPS) is 13.2. The Balaban J connectivity index is 1.41. The molecule has 2 aromatic heterocycles. The molecule has 1 aliphatic carbocycles. The fourth-order valence-electron chi connectivity index (χ4n) is 4.15. The second-order valence-corrected chi connectivity index (χ2v) is 8.72. The van der Waals surface area contributed by atoms with E-state index >= 15 is 4.39 Å². The number of nitrogens with zero attached hydrogens (tertiary/aromatic N) is 3. The van der Waals surface area contributed by atoms with Gasteiger partial charge in [0, 0.05) is 18.4 Å². The third-order valence-electron chi connectivity index (χ3n) is 6.07. The number of anilines is 2. The van der Waals surface area contributed by atoms with E-state index in [1.54, 1.807) is 16.7 Å². The molecule has 5 nitrogen and oxygen atoms in total. The molecule has 0 radical (unpaired) electrons. The molecule has 0 saturated heterocycles. The van der Waals surface area contributed by atoms with Crippen LogP contribution >= 0.6 is 0 Å². The Labute approximate surface area is 201 Å². The molecule has 0 amide bonds. The van der Waals surface area contributed by atoms with Crippen molar-refractivity contribution in [1.82, 2.24) is 14.5 Å². The first-order valence-electron chi connectivity index (χ1n) is 11.5. The molecule has 1 aliphatic rings. The molecule has 0 atom stereocenters. The van der Waals surface area contributed by atoms with Crippen LogP contribution in [-0.4, -0.2) is 14.5 Å². The van der Waals surface area contributed by atoms with Gasteiger partial charge in [-0.15, -0.1) is 0 Å². The summed E-state index contributed by atoms with van der Waals surface area (Å²) in [6.45, 7) is 0.437. The van der Waals surface area contributed by atoms with Crippen LogP contribution in [0.25, 0.3) is 11.0 Å². The lowest BCUT2D eigenvalue weighted by Gasteiger charge is -2.12. The van der Waals surface area contributed by atoms with Crippen molar-refractivity contribution < 1.29 is 13.5 Å². The Kier molecular flexibility index (Phi) is 5.37. The maximum Gasteiger partial charge on any atom is 0.249 e. The molecule has 1 N–H and O–H groups in total. The zero-order chi connectivity index (χ0) is 23.8. The Morgan fingerprint density at radius 2 is 1.63 bits per heavy atom. The van der Waals surface area contributed by atoms with E-state index in [2.05, 4.69) is 27.4 Å². The molecule has 35 heavy (non-hydrogen) atoms. The molecule has 3 aromatic carbocycles. The minimum atomic E-state index is -0.477. The van der Waals surface area contributed by atoms with E-state index in [9.17, 15) is 4.39 Å². The number of nitrogens with one attached hydrogen (secondary N) is 1. The summed E-state index contributed by atoms with van der Waals surface area (Å²) in [4.78, 5) is 8.98. The highest BCUT2D eigenvalue weighted by atomic mass is 19.1. The van der Waals surface area contributed by atoms with Gasteiger partial charge < -0.3 is 14.6 Å². The largest absolute Gasteiger partial charge is 0.437 e. The summed E-state index contributed by atoms with van der Waals surface area (Å²) in [5.74, 6) is 0.807. The van der Waals surface area contributed by atoms with Gasteiger partial charge in [0.25, 0.3) is 0 Å². The van der Waals surface area contributed by atoms with Crippen molar-refractivity contribution in [1.29, 1.82) is 0 Å². The van der Waals surface area contributed by atoms with Gasteiger partial charge in [0.2, 0.25) is 11.8 Å². The molecule has 1 fully saturated rings. The molecule has 0 aliphatic heterocycles. The van der Waals surface area contributed by atoms with Crippen LogP contribution < -0.4 is 10.1 Å². The molecule has 7 heteroatoms. The smallest absolute Gasteiger partial charge is 0.249 e. The standard InChI is InChI=1S/C28H22F2N4O/c29-21-10-12-22(13-11-21)31-28-32-25-24(30)17-34(16-18-4-2-1-3-5-18)26(25)27(33-28)35-23-14-8-20(9-15-23)19-6-7-19/h1-5,8-15,17,19H,6-7,16H2,(H,31,32,33). The molecule has 0 spiro atoms. The highest BCUT2D eigenvalue weighted by molar-refractivity contribution is 5.83. The number of hydrogen-bond acceptors (Lipinski definition) is 4. The van der Waals surface area contributed by atoms with Crippen molar-refractivity contribution in [2.75, 3.05) is 5.32 Å². The van der Waals surface area contributed by atoms with E-state index in [0.29, 0.717) is 29.4 Å². The zero-order valence-corrected chi connectivity index (χ0v) is 18.8. The van der Waals surface area contributed by atoms with Gasteiger partial charge >= 0.3 is 0 Å². The number of rotatable bonds is 7. The molecule has 174 valence electrons. The number of benzene rings is 3. The fourth-order valence-corrected chi connectivity index (χ4v) is 4.15. The van der Waals surface area contributed by atoms with Crippen molar-refractivity contribution in [3.05, 3.63) is 108 Å². The first kappa shape index (κ1) is 21.3. The molecular formula is C28H22F2N4O. The van der Waals surface area contributed by atoms with E-state index in [0.717, 1.165) is 5.56 Å². The van der Waals surface area contributed by atoms with E-state index in [1.165, 1.54) is 36.7 Å². The van der Waals surface area contributed by atoms with Gasteiger partial charge in [-0.3, -0.25) is 0 Å². The van der Waals surface area contributed by atoms with Crippen LogP contribution in [0.2, 0.25) is 0 Å². The van der Waals surface area contributed by atoms with Crippen molar-refractivity contribution in [2.45, 2.75) is 25.3 Å². The SMILES string of the molecule is Fc1ccc(Nc2nc(Oc3ccc(C4CC4)cc3)c3c(n2)c(F)cn3Cc2ccccc2)cc1. The summed E-state index contributed by atoms with van der Waals surface area (Å²) in [6.07, 6.45) is 3.85. The van der Waals surface area contributed by atoms with E-state index in [4.69, 9.17) is 4.74 Å². The Morgan fingerprint density at radius 1 is 0.886 bits per heavy atom. The van der Waals surface area contributed by atoms with Gasteiger partial charge in [-0.1, -0.05) is 42.5 Å². The summed E-state index contributed by atoms with van der Waals surface area (Å²) in [7, 11) is 0. The minimum Gasteiger partial charge on any atom is -0.437 e. The lowest BCUT2D eigenvalue weighted by Crippen LogP contribution is -2.04. The average molecular weight is 469 g/mol. The van der Waals surface area contributed by atoms with Crippen LogP contribution in [0.1, 0.15) is 29.9 Å². The third kappa shape index (κ3) is 4.57. The second kappa shape index (κ2) is 8.83. The summed E-state index contributed by atoms with van der Waals surface area (Å²) >= 11 is 0. The quantitative estimate of drug-likeness (QED) is 0.275. The first-order chi connectivity index (χ1) is 17.1. The van der Waals surface area contributed by atoms with Gasteiger partial charge in [0.15, 0.2) is 5.82 Å². The fraction of sp³-hybridized carbons (Fsp3) is 0.143. The van der Waals surface area contributed by atoms with Gasteiger partial charge in [-0.2, -0.15) is 4.98 Å². The second-order valence-electron chi connectivity index (χ2n) is 8.72. The Morgan fingerprint density at radius 3 is 2.34 bits per heavy atom. The molecule has 0 bridgehead atoms. The Hall–Kier alpha value is -4.26. The molecule has 1 saturated carbocycles. The lowest BCUT2D eigenvalue weighted by atomic mass is 10.1. The van der Waals surface area contributed by atoms with Crippen LogP contribution in [0.5, 0.6) is 11.6 Å². The third-order valence-corrected chi connectivity index (χ3v) is 6.07. The average Bonchev–Trinajstić information content (AvgIpc) is 3.67. The number of hydrogen-bond donors (Lipinski definition) is 1. The summed E-state index contributed by atoms with van der Waals surface area (Å²) in [6, 6.07) is 23.5. The maximum absolute atomic E-state index is 15.1. The summed E-state index contributed by atoms with van der Waals surface area (Å²) in [5.41, 5.74) is 3.49. The molecule has 5 aromatic rings. The first-order valence-corrected chi connectivity index (χ1v) is 11.5.